The molecule has 1 aliphatic heterocycles. The number of nitrogens with zero attached hydrogens (tertiary/aromatic N) is 5. The summed E-state index contributed by atoms with van der Waals surface area (Å²) in [7, 11) is -9.27. The lowest BCUT2D eigenvalue weighted by Crippen LogP contribution is -2.37. The number of aliphatic hydroxyl groups excluding tert-OH is 1. The van der Waals surface area contributed by atoms with Crippen molar-refractivity contribution >= 4 is 79.5 Å². The summed E-state index contributed by atoms with van der Waals surface area (Å²) in [6, 6.07) is 14.7. The van der Waals surface area contributed by atoms with Gasteiger partial charge in [-0.15, -0.1) is 0 Å². The molecule has 60 heavy (non-hydrogen) atoms. The number of fused-ring (bicyclic) bond motifs is 3. The molecule has 8 N–H and O–H groups in total. The number of aryl methyl sites for hydroxylation is 1. The van der Waals surface area contributed by atoms with E-state index >= 15 is 0 Å². The number of pyridine rings is 1. The fourth-order valence-electron chi connectivity index (χ4n) is 6.63. The normalized spacial score (nSPS) is 19.6. The van der Waals surface area contributed by atoms with Gasteiger partial charge in [0.25, 0.3) is 13.4 Å². The molecule has 1 fully saturated rings. The van der Waals surface area contributed by atoms with E-state index in [0.717, 1.165) is 33.2 Å². The van der Waals surface area contributed by atoms with Gasteiger partial charge in [0.2, 0.25) is 22.9 Å². The van der Waals surface area contributed by atoms with Gasteiger partial charge < -0.3 is 54.8 Å². The Kier molecular flexibility index (Phi) is 13.2. The number of phosphoric acid groups is 3. The van der Waals surface area contributed by atoms with Gasteiger partial charge in [0.1, 0.15) is 18.9 Å². The predicted molar refractivity (Wildman–Crippen MR) is 216 cm³/mol. The summed E-state index contributed by atoms with van der Waals surface area (Å²) in [5.41, 5.74) is 9.51. The third-order valence-corrected chi connectivity index (χ3v) is 13.1. The first-order valence-corrected chi connectivity index (χ1v) is 22.6. The van der Waals surface area contributed by atoms with Crippen molar-refractivity contribution in [1.82, 2.24) is 19.9 Å². The SMILES string of the molecule is CN(C)c1ccc2cc3ccc(N(C)C)cc3[n+](CCCC(=O)NCC#Cc3cn([C@H]4C[C@H](O)[C@@H](COP(=O)(O)OP(=O)(O)OP(=O)([O-])O)O4)c4nc(N)[nH]c(=O)c34)c2c1. The molecule has 5 aromatic rings. The third-order valence-electron chi connectivity index (χ3n) is 9.37. The zero-order valence-electron chi connectivity index (χ0n) is 32.6. The van der Waals surface area contributed by atoms with Crippen LogP contribution in [0.4, 0.5) is 17.3 Å². The molecule has 2 aromatic carbocycles. The lowest BCUT2D eigenvalue weighted by molar-refractivity contribution is -0.645. The van der Waals surface area contributed by atoms with Crippen molar-refractivity contribution in [2.45, 2.75) is 44.2 Å². The Bertz CT molecular complexity index is 2660. The molecule has 25 heteroatoms. The molecule has 322 valence electrons. The number of nitrogen functional groups attached to an aromatic ring is 1. The number of nitrogens with two attached hydrogens (primary N) is 1. The van der Waals surface area contributed by atoms with Crippen LogP contribution in [0.2, 0.25) is 0 Å². The van der Waals surface area contributed by atoms with Crippen molar-refractivity contribution in [2.75, 3.05) is 56.9 Å². The number of aromatic amines is 1. The van der Waals surface area contributed by atoms with Crippen LogP contribution in [-0.2, 0) is 42.9 Å². The average molecular weight is 893 g/mol. The molecule has 0 radical (unpaired) electrons. The maximum Gasteiger partial charge on any atom is 0.487 e. The molecule has 0 spiro atoms. The first kappa shape index (κ1) is 44.8. The monoisotopic (exact) mass is 892 g/mol. The number of ether oxygens (including phenoxy) is 1. The Morgan fingerprint density at radius 3 is 2.28 bits per heavy atom. The fraction of sp³-hybridized carbons (Fsp3) is 0.371. The van der Waals surface area contributed by atoms with Crippen LogP contribution in [0.25, 0.3) is 32.8 Å². The number of carbonyl (C=O) groups is 1. The first-order valence-electron chi connectivity index (χ1n) is 18.1. The Morgan fingerprint density at radius 2 is 1.68 bits per heavy atom. The number of amides is 1. The van der Waals surface area contributed by atoms with Crippen LogP contribution >= 0.6 is 23.5 Å². The number of nitrogens with one attached hydrogen (secondary N) is 2. The number of H-pyrrole nitrogens is 1. The summed E-state index contributed by atoms with van der Waals surface area (Å²) >= 11 is 0. The number of phosphoric ester groups is 1. The largest absolute Gasteiger partial charge is 0.756 e. The molecule has 3 unspecified atom stereocenters. The second-order valence-corrected chi connectivity index (χ2v) is 18.5. The number of aliphatic hydroxyl groups is 1. The lowest BCUT2D eigenvalue weighted by Gasteiger charge is -2.21. The van der Waals surface area contributed by atoms with Crippen molar-refractivity contribution < 1.29 is 65.6 Å². The summed E-state index contributed by atoms with van der Waals surface area (Å²) in [6.07, 6.45) is -1.86. The van der Waals surface area contributed by atoms with Gasteiger partial charge >= 0.3 is 15.6 Å². The maximum absolute atomic E-state index is 13.0. The molecule has 0 bridgehead atoms. The number of hydrogen-bond acceptors (Lipinski definition) is 15. The highest BCUT2D eigenvalue weighted by atomic mass is 31.3. The maximum atomic E-state index is 13.0. The van der Waals surface area contributed by atoms with E-state index in [4.69, 9.17) is 15.4 Å². The summed E-state index contributed by atoms with van der Waals surface area (Å²) in [5, 5.41) is 15.6. The molecule has 4 heterocycles. The molecule has 0 saturated carbocycles. The van der Waals surface area contributed by atoms with Crippen molar-refractivity contribution in [3.63, 3.8) is 0 Å². The van der Waals surface area contributed by atoms with E-state index in [9.17, 15) is 43.1 Å². The quantitative estimate of drug-likeness (QED) is 0.0338. The van der Waals surface area contributed by atoms with E-state index in [1.807, 2.05) is 38.0 Å². The molecule has 0 aliphatic carbocycles. The smallest absolute Gasteiger partial charge is 0.487 e. The van der Waals surface area contributed by atoms with E-state index in [-0.39, 0.29) is 47.8 Å². The van der Waals surface area contributed by atoms with Gasteiger partial charge in [0.05, 0.1) is 30.2 Å². The van der Waals surface area contributed by atoms with Crippen molar-refractivity contribution in [1.29, 1.82) is 0 Å². The summed E-state index contributed by atoms with van der Waals surface area (Å²) in [6.45, 7) is -0.423. The zero-order valence-corrected chi connectivity index (χ0v) is 35.3. The van der Waals surface area contributed by atoms with Crippen LogP contribution in [0.3, 0.4) is 0 Å². The Labute approximate surface area is 341 Å². The number of aromatic nitrogens is 4. The van der Waals surface area contributed by atoms with E-state index < -0.39 is 54.1 Å². The lowest BCUT2D eigenvalue weighted by atomic mass is 10.1. The first-order chi connectivity index (χ1) is 28.1. The number of rotatable bonds is 15. The Hall–Kier alpha value is -4.71. The van der Waals surface area contributed by atoms with Crippen molar-refractivity contribution in [2.24, 2.45) is 0 Å². The van der Waals surface area contributed by atoms with Crippen LogP contribution in [-0.4, -0.2) is 93.8 Å². The fourth-order valence-corrected chi connectivity index (χ4v) is 9.63. The van der Waals surface area contributed by atoms with Gasteiger partial charge in [-0.2, -0.15) is 13.9 Å². The van der Waals surface area contributed by atoms with Crippen LogP contribution in [0.5, 0.6) is 0 Å². The van der Waals surface area contributed by atoms with Crippen LogP contribution in [0, 0.1) is 11.8 Å². The molecule has 22 nitrogen and oxygen atoms in total. The average Bonchev–Trinajstić information content (AvgIpc) is 3.69. The van der Waals surface area contributed by atoms with Gasteiger partial charge in [-0.05, 0) is 30.3 Å². The van der Waals surface area contributed by atoms with E-state index in [0.29, 0.717) is 13.0 Å². The minimum atomic E-state index is -5.85. The van der Waals surface area contributed by atoms with Crippen LogP contribution in [0.1, 0.15) is 31.1 Å². The number of carbonyl (C=O) groups excluding carboxylic acids is 1. The van der Waals surface area contributed by atoms with E-state index in [2.05, 4.69) is 87.3 Å². The Balaban J connectivity index is 1.12. The molecule has 1 amide bonds. The molecule has 1 saturated heterocycles. The molecule has 1 aliphatic rings. The van der Waals surface area contributed by atoms with Gasteiger partial charge in [-0.3, -0.25) is 23.7 Å². The molecular weight excluding hydrogens is 849 g/mol. The van der Waals surface area contributed by atoms with Crippen molar-refractivity contribution in [3.05, 3.63) is 64.6 Å². The number of benzene rings is 2. The minimum absolute atomic E-state index is 0.0118. The van der Waals surface area contributed by atoms with E-state index in [1.165, 1.54) is 10.8 Å². The molecule has 3 aromatic heterocycles. The zero-order chi connectivity index (χ0) is 43.7. The molecular formula is C35H43N8O14P3. The van der Waals surface area contributed by atoms with Crippen LogP contribution in [0.15, 0.2) is 53.5 Å². The highest BCUT2D eigenvalue weighted by molar-refractivity contribution is 7.66. The van der Waals surface area contributed by atoms with E-state index in [1.54, 1.807) is 0 Å². The summed E-state index contributed by atoms with van der Waals surface area (Å²) in [4.78, 5) is 75.2. The summed E-state index contributed by atoms with van der Waals surface area (Å²) in [5.74, 6) is 5.21. The predicted octanol–water partition coefficient (Wildman–Crippen LogP) is 1.34. The van der Waals surface area contributed by atoms with Gasteiger partial charge in [0.15, 0.2) is 5.65 Å². The molecule has 6 rings (SSSR count). The van der Waals surface area contributed by atoms with Gasteiger partial charge in [-0.25, -0.2) is 13.4 Å². The van der Waals surface area contributed by atoms with Gasteiger partial charge in [-0.1, -0.05) is 11.8 Å². The van der Waals surface area contributed by atoms with Crippen molar-refractivity contribution in [3.8, 4) is 11.8 Å². The number of hydrogen-bond donors (Lipinski definition) is 7. The number of anilines is 3. The van der Waals surface area contributed by atoms with Gasteiger partial charge in [0, 0.05) is 87.9 Å². The third kappa shape index (κ3) is 10.8. The molecule has 6 atom stereocenters. The highest BCUT2D eigenvalue weighted by Crippen LogP contribution is 2.65. The minimum Gasteiger partial charge on any atom is -0.756 e. The van der Waals surface area contributed by atoms with Crippen LogP contribution < -0.4 is 35.9 Å². The summed E-state index contributed by atoms with van der Waals surface area (Å²) < 4.78 is 55.8. The second-order valence-electron chi connectivity index (χ2n) is 14.1. The second kappa shape index (κ2) is 17.7. The standard InChI is InChI=1S/C35H43N8O14P3/c1-40(2)24-11-9-21-15-22-10-12-25(41(3)4)17-27(22)42(26(21)16-24)14-6-8-30(45)37-13-5-7-23-19-43(33-32(23)34(46)39-35(36)38-33)31-18-28(44)29(55-31)20-54-59(50,51)57-60(52,53)56-58(47,48)49/h9-12,15-17,19,28-29,31,44H,6,8,13-14,18,20H2,1-4H3,(H7-,36,37,38,39,45,46,47,48,49,50,51,52,53)/t28-,29+,31+/m0/s1. The highest BCUT2D eigenvalue weighted by Gasteiger charge is 2.42. The Morgan fingerprint density at radius 1 is 1.05 bits per heavy atom. The topological polar surface area (TPSA) is 308 Å².